The Morgan fingerprint density at radius 3 is 2.22 bits per heavy atom. The number of anilines is 1. The first kappa shape index (κ1) is 34.8. The third kappa shape index (κ3) is 10.8. The lowest BCUT2D eigenvalue weighted by Gasteiger charge is -2.24. The molecule has 0 aliphatic rings. The third-order valence-electron chi connectivity index (χ3n) is 7.77. The van der Waals surface area contributed by atoms with Crippen LogP contribution in [0.15, 0.2) is 66.7 Å². The van der Waals surface area contributed by atoms with Crippen molar-refractivity contribution in [3.05, 3.63) is 94.5 Å². The molecule has 7 N–H and O–H groups in total. The standard InChI is InChI=1S/C35H44N4O6/c1-4-6-11-30(36)34(44)38-28-18-24(16-23-12-14-29(40)15-13-23)17-27(19-28)33(43)39-32(22(3)5-2)35(45)37-21-26-10-8-7-9-25(26)20-31(41)42/h7-10,12-15,17-19,22,30,32,40H,4-6,11,16,20-21,36H2,1-3H3,(H,37,45)(H,38,44)(H,39,43)(H,41,42)/t22-,30-,32-/m0/s1. The van der Waals surface area contributed by atoms with Gasteiger partial charge in [0, 0.05) is 17.8 Å². The maximum absolute atomic E-state index is 13.7. The van der Waals surface area contributed by atoms with Crippen molar-refractivity contribution in [2.75, 3.05) is 5.32 Å². The first-order valence-electron chi connectivity index (χ1n) is 15.4. The summed E-state index contributed by atoms with van der Waals surface area (Å²) in [6, 6.07) is 17.2. The number of benzene rings is 3. The van der Waals surface area contributed by atoms with Gasteiger partial charge in [0.05, 0.1) is 12.5 Å². The molecule has 0 heterocycles. The van der Waals surface area contributed by atoms with Crippen molar-refractivity contribution in [1.29, 1.82) is 0 Å². The fraction of sp³-hybridized carbons (Fsp3) is 0.371. The van der Waals surface area contributed by atoms with Crippen molar-refractivity contribution in [1.82, 2.24) is 10.6 Å². The molecule has 0 aliphatic heterocycles. The van der Waals surface area contributed by atoms with E-state index < -0.39 is 29.9 Å². The van der Waals surface area contributed by atoms with Gasteiger partial charge in [-0.25, -0.2) is 0 Å². The molecule has 0 radical (unpaired) electrons. The molecular formula is C35H44N4O6. The average Bonchev–Trinajstić information content (AvgIpc) is 3.02. The molecule has 0 aliphatic carbocycles. The monoisotopic (exact) mass is 616 g/mol. The highest BCUT2D eigenvalue weighted by molar-refractivity contribution is 6.00. The Morgan fingerprint density at radius 1 is 0.889 bits per heavy atom. The average molecular weight is 617 g/mol. The van der Waals surface area contributed by atoms with Crippen molar-refractivity contribution in [2.24, 2.45) is 11.7 Å². The van der Waals surface area contributed by atoms with Gasteiger partial charge in [0.2, 0.25) is 11.8 Å². The van der Waals surface area contributed by atoms with Gasteiger partial charge in [-0.05, 0) is 71.3 Å². The van der Waals surface area contributed by atoms with E-state index in [9.17, 15) is 29.4 Å². The molecule has 3 aromatic rings. The molecule has 3 aromatic carbocycles. The van der Waals surface area contributed by atoms with Crippen LogP contribution in [-0.2, 0) is 33.8 Å². The summed E-state index contributed by atoms with van der Waals surface area (Å²) in [5, 5.41) is 27.5. The smallest absolute Gasteiger partial charge is 0.307 e. The number of carbonyl (C=O) groups excluding carboxylic acids is 3. The minimum Gasteiger partial charge on any atom is -0.508 e. The third-order valence-corrected chi connectivity index (χ3v) is 7.77. The summed E-state index contributed by atoms with van der Waals surface area (Å²) in [5.41, 5.74) is 9.67. The number of hydrogen-bond acceptors (Lipinski definition) is 6. The normalized spacial score (nSPS) is 12.9. The number of aromatic hydroxyl groups is 1. The van der Waals surface area contributed by atoms with E-state index in [-0.39, 0.29) is 36.1 Å². The van der Waals surface area contributed by atoms with Gasteiger partial charge in [-0.1, -0.05) is 76.4 Å². The van der Waals surface area contributed by atoms with Crippen LogP contribution in [0, 0.1) is 5.92 Å². The Bertz CT molecular complexity index is 1470. The largest absolute Gasteiger partial charge is 0.508 e. The van der Waals surface area contributed by atoms with Gasteiger partial charge >= 0.3 is 5.97 Å². The highest BCUT2D eigenvalue weighted by Crippen LogP contribution is 2.21. The van der Waals surface area contributed by atoms with Crippen LogP contribution in [0.3, 0.4) is 0 Å². The molecule has 0 saturated carbocycles. The van der Waals surface area contributed by atoms with Crippen molar-refractivity contribution in [3.8, 4) is 5.75 Å². The van der Waals surface area contributed by atoms with Crippen molar-refractivity contribution < 1.29 is 29.4 Å². The van der Waals surface area contributed by atoms with E-state index in [2.05, 4.69) is 16.0 Å². The molecule has 3 rings (SSSR count). The Hall–Kier alpha value is -4.70. The first-order valence-corrected chi connectivity index (χ1v) is 15.4. The molecule has 240 valence electrons. The molecule has 3 amide bonds. The highest BCUT2D eigenvalue weighted by Gasteiger charge is 2.27. The molecular weight excluding hydrogens is 572 g/mol. The number of nitrogens with one attached hydrogen (secondary N) is 3. The molecule has 45 heavy (non-hydrogen) atoms. The minimum atomic E-state index is -0.968. The molecule has 3 atom stereocenters. The number of amides is 3. The fourth-order valence-electron chi connectivity index (χ4n) is 4.92. The van der Waals surface area contributed by atoms with Gasteiger partial charge in [0.15, 0.2) is 0 Å². The number of rotatable bonds is 16. The van der Waals surface area contributed by atoms with E-state index in [0.717, 1.165) is 24.0 Å². The number of phenols is 1. The van der Waals surface area contributed by atoms with Crippen LogP contribution >= 0.6 is 0 Å². The second-order valence-electron chi connectivity index (χ2n) is 11.4. The van der Waals surface area contributed by atoms with E-state index in [1.54, 1.807) is 66.7 Å². The summed E-state index contributed by atoms with van der Waals surface area (Å²) in [5.74, 6) is -2.26. The Balaban J connectivity index is 1.84. The SMILES string of the molecule is CCCC[C@H](N)C(=O)Nc1cc(Cc2ccc(O)cc2)cc(C(=O)N[C@H](C(=O)NCc2ccccc2CC(=O)O)[C@@H](C)CC)c1. The number of carboxylic acid groups (broad SMARTS) is 1. The van der Waals surface area contributed by atoms with Gasteiger partial charge in [-0.15, -0.1) is 0 Å². The maximum Gasteiger partial charge on any atom is 0.307 e. The number of phenolic OH excluding ortho intramolecular Hbond substituents is 1. The van der Waals surface area contributed by atoms with Crippen molar-refractivity contribution >= 4 is 29.4 Å². The lowest BCUT2D eigenvalue weighted by atomic mass is 9.96. The number of nitrogens with two attached hydrogens (primary N) is 1. The maximum atomic E-state index is 13.7. The van der Waals surface area contributed by atoms with Crippen LogP contribution in [0.2, 0.25) is 0 Å². The zero-order chi connectivity index (χ0) is 32.9. The van der Waals surface area contributed by atoms with Gasteiger partial charge in [0.1, 0.15) is 11.8 Å². The zero-order valence-corrected chi connectivity index (χ0v) is 26.1. The summed E-state index contributed by atoms with van der Waals surface area (Å²) in [6.45, 7) is 5.93. The summed E-state index contributed by atoms with van der Waals surface area (Å²) >= 11 is 0. The Labute approximate surface area is 264 Å². The molecule has 0 unspecified atom stereocenters. The quantitative estimate of drug-likeness (QED) is 0.137. The molecule has 10 nitrogen and oxygen atoms in total. The first-order chi connectivity index (χ1) is 21.5. The van der Waals surface area contributed by atoms with Crippen LogP contribution in [0.1, 0.15) is 79.1 Å². The number of carbonyl (C=O) groups is 4. The molecule has 0 fully saturated rings. The van der Waals surface area contributed by atoms with Gasteiger partial charge in [0.25, 0.3) is 5.91 Å². The van der Waals surface area contributed by atoms with Gasteiger partial charge in [-0.3, -0.25) is 19.2 Å². The number of hydrogen-bond donors (Lipinski definition) is 6. The van der Waals surface area contributed by atoms with E-state index in [0.29, 0.717) is 36.1 Å². The highest BCUT2D eigenvalue weighted by atomic mass is 16.4. The lowest BCUT2D eigenvalue weighted by Crippen LogP contribution is -2.50. The molecule has 0 bridgehead atoms. The van der Waals surface area contributed by atoms with E-state index in [4.69, 9.17) is 5.73 Å². The van der Waals surface area contributed by atoms with E-state index >= 15 is 0 Å². The Morgan fingerprint density at radius 2 is 1.58 bits per heavy atom. The van der Waals surface area contributed by atoms with Crippen LogP contribution < -0.4 is 21.7 Å². The van der Waals surface area contributed by atoms with Crippen LogP contribution in [0.25, 0.3) is 0 Å². The van der Waals surface area contributed by atoms with Crippen LogP contribution in [-0.4, -0.2) is 46.0 Å². The molecule has 0 aromatic heterocycles. The van der Waals surface area contributed by atoms with E-state index in [1.807, 2.05) is 20.8 Å². The van der Waals surface area contributed by atoms with Gasteiger partial charge < -0.3 is 31.9 Å². The van der Waals surface area contributed by atoms with Crippen molar-refractivity contribution in [2.45, 2.75) is 77.9 Å². The topological polar surface area (TPSA) is 171 Å². The lowest BCUT2D eigenvalue weighted by molar-refractivity contribution is -0.136. The summed E-state index contributed by atoms with van der Waals surface area (Å²) in [6.07, 6.45) is 3.14. The second-order valence-corrected chi connectivity index (χ2v) is 11.4. The molecule has 0 saturated heterocycles. The summed E-state index contributed by atoms with van der Waals surface area (Å²) in [4.78, 5) is 51.2. The number of carboxylic acids is 1. The summed E-state index contributed by atoms with van der Waals surface area (Å²) < 4.78 is 0. The molecule has 0 spiro atoms. The van der Waals surface area contributed by atoms with Crippen molar-refractivity contribution in [3.63, 3.8) is 0 Å². The predicted octanol–water partition coefficient (Wildman–Crippen LogP) is 4.53. The summed E-state index contributed by atoms with van der Waals surface area (Å²) in [7, 11) is 0. The van der Waals surface area contributed by atoms with Gasteiger partial charge in [-0.2, -0.15) is 0 Å². The van der Waals surface area contributed by atoms with Crippen LogP contribution in [0.4, 0.5) is 5.69 Å². The van der Waals surface area contributed by atoms with E-state index in [1.165, 1.54) is 0 Å². The minimum absolute atomic E-state index is 0.113. The predicted molar refractivity (Wildman–Crippen MR) is 174 cm³/mol. The number of aliphatic carboxylic acids is 1. The molecule has 10 heteroatoms. The second kappa shape index (κ2) is 17.0. The Kier molecular flexibility index (Phi) is 13.1. The zero-order valence-electron chi connectivity index (χ0n) is 26.1. The number of unbranched alkanes of at least 4 members (excludes halogenated alkanes) is 1. The fourth-order valence-corrected chi connectivity index (χ4v) is 4.92. The van der Waals surface area contributed by atoms with Crippen LogP contribution in [0.5, 0.6) is 5.75 Å².